The summed E-state index contributed by atoms with van der Waals surface area (Å²) in [4.78, 5) is 0. The molecular weight excluding hydrogens is 425 g/mol. The van der Waals surface area contributed by atoms with Gasteiger partial charge in [0.2, 0.25) is 0 Å². The average Bonchev–Trinajstić information content (AvgIpc) is 3.10. The number of hydrogen-bond donors (Lipinski definition) is 2. The van der Waals surface area contributed by atoms with E-state index < -0.39 is 17.9 Å². The minimum Gasteiger partial charge on any atom is -0.390 e. The maximum Gasteiger partial charge on any atom is 0.417 e. The first-order valence-corrected chi connectivity index (χ1v) is 12.8. The van der Waals surface area contributed by atoms with Crippen molar-refractivity contribution in [2.24, 2.45) is 34.5 Å². The molecule has 2 nitrogen and oxygen atoms in total. The van der Waals surface area contributed by atoms with Gasteiger partial charge in [0.1, 0.15) is 0 Å². The maximum absolute atomic E-state index is 12.7. The van der Waals surface area contributed by atoms with Crippen LogP contribution in [-0.2, 0) is 0 Å². The van der Waals surface area contributed by atoms with E-state index in [1.807, 2.05) is 27.7 Å². The van der Waals surface area contributed by atoms with Crippen molar-refractivity contribution >= 4 is 0 Å². The number of aliphatic hydroxyl groups excluding tert-OH is 1. The number of aliphatic hydroxyl groups is 2. The van der Waals surface area contributed by atoms with E-state index in [1.165, 1.54) is 17.2 Å². The molecule has 4 aliphatic carbocycles. The van der Waals surface area contributed by atoms with E-state index in [0.29, 0.717) is 17.8 Å². The molecule has 0 spiro atoms. The summed E-state index contributed by atoms with van der Waals surface area (Å²) in [6, 6.07) is 0. The Labute approximate surface area is 198 Å². The summed E-state index contributed by atoms with van der Waals surface area (Å²) in [6.07, 6.45) is 6.98. The van der Waals surface area contributed by atoms with Gasteiger partial charge in [0.05, 0.1) is 5.60 Å². The molecule has 6 unspecified atom stereocenters. The van der Waals surface area contributed by atoms with E-state index in [2.05, 4.69) is 26.0 Å². The van der Waals surface area contributed by atoms with E-state index in [0.717, 1.165) is 51.0 Å². The molecule has 4 aliphatic rings. The van der Waals surface area contributed by atoms with Gasteiger partial charge in [-0.1, -0.05) is 70.1 Å². The SMILES string of the molecule is CC.C[C@H](/C=C/C(O)C(F)(F)F)C1=CCC2C3CC=C4C[C@@](C)(O)CCC4(C)C3CCC12C. The second-order valence-electron chi connectivity index (χ2n) is 11.4. The molecule has 0 aliphatic heterocycles. The third kappa shape index (κ3) is 4.74. The molecule has 0 saturated heterocycles. The van der Waals surface area contributed by atoms with Crippen molar-refractivity contribution in [1.29, 1.82) is 0 Å². The molecule has 33 heavy (non-hydrogen) atoms. The Morgan fingerprint density at radius 2 is 1.64 bits per heavy atom. The zero-order chi connectivity index (χ0) is 24.8. The second-order valence-corrected chi connectivity index (χ2v) is 11.4. The maximum atomic E-state index is 12.7. The Kier molecular flexibility index (Phi) is 7.38. The van der Waals surface area contributed by atoms with Gasteiger partial charge in [-0.15, -0.1) is 0 Å². The quantitative estimate of drug-likeness (QED) is 0.424. The largest absolute Gasteiger partial charge is 0.417 e. The Morgan fingerprint density at radius 3 is 2.27 bits per heavy atom. The summed E-state index contributed by atoms with van der Waals surface area (Å²) < 4.78 is 38.1. The van der Waals surface area contributed by atoms with Gasteiger partial charge in [0.15, 0.2) is 6.10 Å². The zero-order valence-corrected chi connectivity index (χ0v) is 21.2. The van der Waals surface area contributed by atoms with Crippen LogP contribution in [0.3, 0.4) is 0 Å². The van der Waals surface area contributed by atoms with Gasteiger partial charge >= 0.3 is 6.18 Å². The van der Waals surface area contributed by atoms with E-state index >= 15 is 0 Å². The van der Waals surface area contributed by atoms with E-state index in [-0.39, 0.29) is 16.7 Å². The summed E-state index contributed by atoms with van der Waals surface area (Å²) in [5.41, 5.74) is 2.27. The van der Waals surface area contributed by atoms with Crippen molar-refractivity contribution in [3.63, 3.8) is 0 Å². The van der Waals surface area contributed by atoms with Gasteiger partial charge < -0.3 is 10.2 Å². The van der Waals surface area contributed by atoms with Crippen LogP contribution in [0.2, 0.25) is 0 Å². The summed E-state index contributed by atoms with van der Waals surface area (Å²) in [5.74, 6) is 1.61. The molecule has 0 aromatic carbocycles. The van der Waals surface area contributed by atoms with Crippen LogP contribution >= 0.6 is 0 Å². The van der Waals surface area contributed by atoms with Gasteiger partial charge in [0.25, 0.3) is 0 Å². The highest BCUT2D eigenvalue weighted by molar-refractivity contribution is 5.33. The van der Waals surface area contributed by atoms with Crippen LogP contribution in [0.5, 0.6) is 0 Å². The predicted molar refractivity (Wildman–Crippen MR) is 128 cm³/mol. The van der Waals surface area contributed by atoms with Gasteiger partial charge in [-0.05, 0) is 86.4 Å². The predicted octanol–water partition coefficient (Wildman–Crippen LogP) is 7.38. The van der Waals surface area contributed by atoms with Crippen LogP contribution in [0.25, 0.3) is 0 Å². The first-order chi connectivity index (χ1) is 15.3. The molecule has 0 aromatic rings. The lowest BCUT2D eigenvalue weighted by Crippen LogP contribution is -2.51. The van der Waals surface area contributed by atoms with Crippen molar-refractivity contribution < 1.29 is 23.4 Å². The minimum absolute atomic E-state index is 0.00989. The lowest BCUT2D eigenvalue weighted by Gasteiger charge is -2.58. The number of alkyl halides is 3. The van der Waals surface area contributed by atoms with E-state index in [4.69, 9.17) is 0 Å². The number of halogens is 3. The Morgan fingerprint density at radius 1 is 0.970 bits per heavy atom. The van der Waals surface area contributed by atoms with Crippen molar-refractivity contribution in [1.82, 2.24) is 0 Å². The highest BCUT2D eigenvalue weighted by Gasteiger charge is 2.57. The molecule has 188 valence electrons. The fourth-order valence-electron chi connectivity index (χ4n) is 7.60. The summed E-state index contributed by atoms with van der Waals surface area (Å²) >= 11 is 0. The molecule has 2 N–H and O–H groups in total. The molecule has 5 heteroatoms. The molecule has 8 atom stereocenters. The topological polar surface area (TPSA) is 40.5 Å². The molecule has 0 bridgehead atoms. The molecule has 2 saturated carbocycles. The van der Waals surface area contributed by atoms with Crippen LogP contribution in [0, 0.1) is 34.5 Å². The Balaban J connectivity index is 0.00000149. The minimum atomic E-state index is -4.61. The van der Waals surface area contributed by atoms with Crippen LogP contribution in [-0.4, -0.2) is 28.1 Å². The number of fused-ring (bicyclic) bond motifs is 5. The van der Waals surface area contributed by atoms with Crippen molar-refractivity contribution in [2.75, 3.05) is 0 Å². The smallest absolute Gasteiger partial charge is 0.390 e. The van der Waals surface area contributed by atoms with Gasteiger partial charge in [0, 0.05) is 0 Å². The lowest BCUT2D eigenvalue weighted by molar-refractivity contribution is -0.187. The van der Waals surface area contributed by atoms with Crippen molar-refractivity contribution in [3.05, 3.63) is 35.5 Å². The van der Waals surface area contributed by atoms with E-state index in [1.54, 1.807) is 0 Å². The first kappa shape index (κ1) is 26.5. The van der Waals surface area contributed by atoms with Crippen LogP contribution in [0.4, 0.5) is 13.2 Å². The van der Waals surface area contributed by atoms with Crippen molar-refractivity contribution in [2.45, 2.75) is 104 Å². The molecule has 2 fully saturated rings. The molecule has 0 heterocycles. The first-order valence-electron chi connectivity index (χ1n) is 12.8. The molecule has 0 radical (unpaired) electrons. The molecule has 0 aromatic heterocycles. The van der Waals surface area contributed by atoms with Crippen LogP contribution in [0.15, 0.2) is 35.5 Å². The Hall–Kier alpha value is -1.07. The summed E-state index contributed by atoms with van der Waals surface area (Å²) in [5, 5.41) is 20.0. The number of hydrogen-bond acceptors (Lipinski definition) is 2. The standard InChI is InChI=1S/C26H37F3O2.C2H6/c1-16(5-10-22(30)26(27,28)29)19-8-9-20-18-7-6-17-15-23(2,31)13-14-24(17,3)21(18)11-12-25(19,20)4;1-2/h5-6,8,10,16,18,20-22,30-31H,7,9,11-15H2,1-4H3;1-2H3/b10-5+;/t16-,18?,20?,21?,22?,23+,24?,25?;/m1./s1. The van der Waals surface area contributed by atoms with Crippen LogP contribution < -0.4 is 0 Å². The fraction of sp³-hybridized carbons (Fsp3) is 0.786. The van der Waals surface area contributed by atoms with E-state index in [9.17, 15) is 23.4 Å². The van der Waals surface area contributed by atoms with Gasteiger partial charge in [-0.2, -0.15) is 13.2 Å². The fourth-order valence-corrected chi connectivity index (χ4v) is 7.60. The van der Waals surface area contributed by atoms with Crippen molar-refractivity contribution in [3.8, 4) is 0 Å². The third-order valence-electron chi connectivity index (χ3n) is 9.43. The summed E-state index contributed by atoms with van der Waals surface area (Å²) in [7, 11) is 0. The lowest BCUT2D eigenvalue weighted by atomic mass is 9.46. The normalized spacial score (nSPS) is 42.2. The number of allylic oxidation sites excluding steroid dienone is 4. The molecule has 0 amide bonds. The van der Waals surface area contributed by atoms with Crippen LogP contribution in [0.1, 0.15) is 86.5 Å². The summed E-state index contributed by atoms with van der Waals surface area (Å²) in [6.45, 7) is 12.6. The highest BCUT2D eigenvalue weighted by Crippen LogP contribution is 2.66. The third-order valence-corrected chi connectivity index (χ3v) is 9.43. The molecular formula is C28H43F3O2. The van der Waals surface area contributed by atoms with Gasteiger partial charge in [-0.3, -0.25) is 0 Å². The molecule has 4 rings (SSSR count). The zero-order valence-electron chi connectivity index (χ0n) is 21.2. The second kappa shape index (κ2) is 9.18. The Bertz CT molecular complexity index is 808. The highest BCUT2D eigenvalue weighted by atomic mass is 19.4. The number of rotatable bonds is 3. The average molecular weight is 469 g/mol. The monoisotopic (exact) mass is 468 g/mol. The van der Waals surface area contributed by atoms with Gasteiger partial charge in [-0.25, -0.2) is 0 Å².